The van der Waals surface area contributed by atoms with Gasteiger partial charge in [-0.2, -0.15) is 5.10 Å². The largest absolute Gasteiger partial charge is 0.443 e. The monoisotopic (exact) mass is 593 g/mol. The van der Waals surface area contributed by atoms with Gasteiger partial charge in [-0.1, -0.05) is 94.8 Å². The first-order valence-corrected chi connectivity index (χ1v) is 13.9. The molecule has 2 atom stereocenters. The molecule has 2 aliphatic heterocycles. The normalized spacial score (nSPS) is 20.1. The van der Waals surface area contributed by atoms with E-state index < -0.39 is 29.1 Å². The van der Waals surface area contributed by atoms with Gasteiger partial charge in [0, 0.05) is 10.0 Å². The van der Waals surface area contributed by atoms with Crippen molar-refractivity contribution in [3.05, 3.63) is 130 Å². The lowest BCUT2D eigenvalue weighted by atomic mass is 9.72. The molecule has 0 N–H and O–H groups in total. The molecule has 0 saturated heterocycles. The van der Waals surface area contributed by atoms with Crippen LogP contribution in [0.4, 0.5) is 16.2 Å². The highest BCUT2D eigenvalue weighted by atomic mass is 79.9. The topological polar surface area (TPSA) is 62.2 Å². The molecule has 0 bridgehead atoms. The molecule has 0 radical (unpaired) electrons. The number of ether oxygens (including phenoxy) is 1. The van der Waals surface area contributed by atoms with E-state index in [1.807, 2.05) is 103 Å². The number of halogens is 1. The number of amides is 2. The molecule has 200 valence electrons. The van der Waals surface area contributed by atoms with Crippen molar-refractivity contribution in [1.82, 2.24) is 0 Å². The van der Waals surface area contributed by atoms with Gasteiger partial charge in [-0.25, -0.2) is 14.7 Å². The molecule has 0 fully saturated rings. The van der Waals surface area contributed by atoms with Crippen molar-refractivity contribution in [3.63, 3.8) is 0 Å². The summed E-state index contributed by atoms with van der Waals surface area (Å²) in [6.45, 7) is 5.38. The molecule has 0 saturated carbocycles. The summed E-state index contributed by atoms with van der Waals surface area (Å²) in [6.07, 6.45) is -0.711. The maximum atomic E-state index is 15.0. The second kappa shape index (κ2) is 9.75. The first-order valence-electron chi connectivity index (χ1n) is 13.1. The van der Waals surface area contributed by atoms with Crippen molar-refractivity contribution in [2.24, 2.45) is 5.10 Å². The molecule has 0 aliphatic carbocycles. The Labute approximate surface area is 242 Å². The smallest absolute Gasteiger partial charge is 0.421 e. The van der Waals surface area contributed by atoms with Crippen molar-refractivity contribution < 1.29 is 14.3 Å². The van der Waals surface area contributed by atoms with Gasteiger partial charge < -0.3 is 4.74 Å². The standard InChI is InChI=1S/C33H28BrN3O3/c1-32(2,3)40-31(39)36-27-17-11-10-16-26(27)33(30(36)38)28(22-12-6-4-7-13-22)29(23-14-8-5-9-15-23)35-37(33)25-20-18-24(34)19-21-25/h4-21,28H,1-3H3/t28-,33-/m1/s1. The summed E-state index contributed by atoms with van der Waals surface area (Å²) in [7, 11) is 0. The van der Waals surface area contributed by atoms with E-state index in [0.29, 0.717) is 11.3 Å². The minimum atomic E-state index is -1.38. The van der Waals surface area contributed by atoms with Crippen molar-refractivity contribution in [2.45, 2.75) is 37.8 Å². The van der Waals surface area contributed by atoms with Gasteiger partial charge in [-0.15, -0.1) is 0 Å². The Morgan fingerprint density at radius 3 is 2.10 bits per heavy atom. The zero-order valence-electron chi connectivity index (χ0n) is 22.4. The van der Waals surface area contributed by atoms with E-state index >= 15 is 4.79 Å². The quantitative estimate of drug-likeness (QED) is 0.245. The number of carbonyl (C=O) groups excluding carboxylic acids is 2. The molecule has 4 aromatic carbocycles. The molecule has 2 aliphatic rings. The third kappa shape index (κ3) is 4.12. The molecule has 0 unspecified atom stereocenters. The summed E-state index contributed by atoms with van der Waals surface area (Å²) in [5.74, 6) is -0.935. The lowest BCUT2D eigenvalue weighted by molar-refractivity contribution is -0.123. The average Bonchev–Trinajstić information content (AvgIpc) is 3.43. The van der Waals surface area contributed by atoms with E-state index in [0.717, 1.165) is 27.0 Å². The maximum absolute atomic E-state index is 15.0. The lowest BCUT2D eigenvalue weighted by Gasteiger charge is -2.38. The zero-order valence-corrected chi connectivity index (χ0v) is 24.0. The number of rotatable bonds is 3. The van der Waals surface area contributed by atoms with E-state index in [9.17, 15) is 4.79 Å². The predicted molar refractivity (Wildman–Crippen MR) is 161 cm³/mol. The minimum Gasteiger partial charge on any atom is -0.443 e. The number of para-hydroxylation sites is 1. The van der Waals surface area contributed by atoms with Crippen LogP contribution in [0.3, 0.4) is 0 Å². The van der Waals surface area contributed by atoms with Crippen molar-refractivity contribution in [3.8, 4) is 0 Å². The highest BCUT2D eigenvalue weighted by Crippen LogP contribution is 2.57. The van der Waals surface area contributed by atoms with Gasteiger partial charge in [0.05, 0.1) is 23.0 Å². The molecule has 40 heavy (non-hydrogen) atoms. The molecule has 2 heterocycles. The Hall–Kier alpha value is -4.23. The van der Waals surface area contributed by atoms with Crippen LogP contribution in [-0.4, -0.2) is 23.3 Å². The zero-order chi connectivity index (χ0) is 28.1. The van der Waals surface area contributed by atoms with Crippen LogP contribution < -0.4 is 9.91 Å². The predicted octanol–water partition coefficient (Wildman–Crippen LogP) is 7.63. The second-order valence-corrected chi connectivity index (χ2v) is 11.8. The fourth-order valence-corrected chi connectivity index (χ4v) is 5.91. The molecule has 1 spiro atoms. The van der Waals surface area contributed by atoms with Crippen molar-refractivity contribution in [1.29, 1.82) is 0 Å². The number of hydrogen-bond donors (Lipinski definition) is 0. The number of hydrazone groups is 1. The SMILES string of the molecule is CC(C)(C)OC(=O)N1C(=O)[C@@]2(c3ccccc31)[C@H](c1ccccc1)C(c1ccccc1)=NN2c1ccc(Br)cc1. The van der Waals surface area contributed by atoms with Crippen LogP contribution >= 0.6 is 15.9 Å². The first kappa shape index (κ1) is 26.0. The highest BCUT2D eigenvalue weighted by Gasteiger charge is 2.66. The third-order valence-electron chi connectivity index (χ3n) is 7.17. The summed E-state index contributed by atoms with van der Waals surface area (Å²) in [5, 5.41) is 7.00. The van der Waals surface area contributed by atoms with Crippen LogP contribution in [0.1, 0.15) is 43.4 Å². The summed E-state index contributed by atoms with van der Waals surface area (Å²) >= 11 is 3.53. The highest BCUT2D eigenvalue weighted by molar-refractivity contribution is 9.10. The number of imide groups is 1. The van der Waals surface area contributed by atoms with Gasteiger partial charge in [0.2, 0.25) is 0 Å². The Balaban J connectivity index is 1.66. The Morgan fingerprint density at radius 1 is 0.850 bits per heavy atom. The summed E-state index contributed by atoms with van der Waals surface area (Å²) in [6, 6.07) is 35.0. The Bertz CT molecular complexity index is 1610. The molecular weight excluding hydrogens is 566 g/mol. The Kier molecular flexibility index (Phi) is 6.34. The number of nitrogens with zero attached hydrogens (tertiary/aromatic N) is 3. The fraction of sp³-hybridized carbons (Fsp3) is 0.182. The van der Waals surface area contributed by atoms with E-state index in [1.54, 1.807) is 31.8 Å². The fourth-order valence-electron chi connectivity index (χ4n) is 5.64. The second-order valence-electron chi connectivity index (χ2n) is 10.9. The molecule has 0 aromatic heterocycles. The average molecular weight is 595 g/mol. The minimum absolute atomic E-state index is 0.408. The van der Waals surface area contributed by atoms with E-state index in [1.165, 1.54) is 4.90 Å². The molecule has 2 amide bonds. The van der Waals surface area contributed by atoms with E-state index in [4.69, 9.17) is 9.84 Å². The Morgan fingerprint density at radius 2 is 1.45 bits per heavy atom. The summed E-state index contributed by atoms with van der Waals surface area (Å²) in [4.78, 5) is 29.9. The van der Waals surface area contributed by atoms with Crippen molar-refractivity contribution >= 4 is 45.0 Å². The van der Waals surface area contributed by atoms with Crippen LogP contribution in [-0.2, 0) is 15.1 Å². The van der Waals surface area contributed by atoms with Gasteiger partial charge in [0.1, 0.15) is 5.60 Å². The number of anilines is 2. The van der Waals surface area contributed by atoms with Gasteiger partial charge in [-0.3, -0.25) is 4.79 Å². The number of carbonyl (C=O) groups is 2. The molecular formula is C33H28BrN3O3. The van der Waals surface area contributed by atoms with Crippen molar-refractivity contribution in [2.75, 3.05) is 9.91 Å². The number of hydrogen-bond acceptors (Lipinski definition) is 5. The molecule has 6 rings (SSSR count). The van der Waals surface area contributed by atoms with Crippen LogP contribution in [0, 0.1) is 0 Å². The van der Waals surface area contributed by atoms with Gasteiger partial charge in [0.15, 0.2) is 5.54 Å². The van der Waals surface area contributed by atoms with Gasteiger partial charge in [-0.05, 0) is 62.2 Å². The number of benzene rings is 4. The van der Waals surface area contributed by atoms with Crippen LogP contribution in [0.5, 0.6) is 0 Å². The lowest BCUT2D eigenvalue weighted by Crippen LogP contribution is -2.54. The molecule has 4 aromatic rings. The number of fused-ring (bicyclic) bond motifs is 2. The van der Waals surface area contributed by atoms with Gasteiger partial charge in [0.25, 0.3) is 5.91 Å². The molecule has 7 heteroatoms. The third-order valence-corrected chi connectivity index (χ3v) is 7.70. The molecule has 6 nitrogen and oxygen atoms in total. The van der Waals surface area contributed by atoms with E-state index in [2.05, 4.69) is 15.9 Å². The maximum Gasteiger partial charge on any atom is 0.421 e. The summed E-state index contributed by atoms with van der Waals surface area (Å²) < 4.78 is 6.67. The van der Waals surface area contributed by atoms with Crippen LogP contribution in [0.25, 0.3) is 0 Å². The summed E-state index contributed by atoms with van der Waals surface area (Å²) in [5.41, 5.74) is 2.30. The van der Waals surface area contributed by atoms with Gasteiger partial charge >= 0.3 is 6.09 Å². The van der Waals surface area contributed by atoms with Crippen LogP contribution in [0.15, 0.2) is 119 Å². The van der Waals surface area contributed by atoms with E-state index in [-0.39, 0.29) is 0 Å². The first-order chi connectivity index (χ1) is 19.2. The van der Waals surface area contributed by atoms with Crippen LogP contribution in [0.2, 0.25) is 0 Å².